The lowest BCUT2D eigenvalue weighted by atomic mass is 10.4. The quantitative estimate of drug-likeness (QED) is 0.353. The van der Waals surface area contributed by atoms with Gasteiger partial charge in [0.1, 0.15) is 0 Å². The van der Waals surface area contributed by atoms with Crippen LogP contribution in [-0.2, 0) is 4.74 Å². The summed E-state index contributed by atoms with van der Waals surface area (Å²) in [6, 6.07) is 0. The number of hydrogen-bond donors (Lipinski definition) is 2. The highest BCUT2D eigenvalue weighted by atomic mass is 16.5. The van der Waals surface area contributed by atoms with Crippen LogP contribution in [0.4, 0.5) is 0 Å². The minimum atomic E-state index is 0.767. The molecule has 0 aliphatic heterocycles. The molecule has 0 radical (unpaired) electrons. The third kappa shape index (κ3) is 11.5. The molecule has 0 spiro atoms. The van der Waals surface area contributed by atoms with Gasteiger partial charge in [-0.2, -0.15) is 0 Å². The van der Waals surface area contributed by atoms with Gasteiger partial charge in [0.2, 0.25) is 0 Å². The minimum Gasteiger partial charge on any atom is -0.385 e. The smallest absolute Gasteiger partial charge is 0.191 e. The average Bonchev–Trinajstić information content (AvgIpc) is 2.29. The third-order valence-electron chi connectivity index (χ3n) is 2.20. The van der Waals surface area contributed by atoms with Crippen LogP contribution in [0.25, 0.3) is 0 Å². The van der Waals surface area contributed by atoms with E-state index in [0.717, 1.165) is 51.6 Å². The predicted octanol–water partition coefficient (Wildman–Crippen LogP) is 0.530. The van der Waals surface area contributed by atoms with Gasteiger partial charge in [-0.05, 0) is 40.4 Å². The van der Waals surface area contributed by atoms with E-state index in [1.54, 1.807) is 7.11 Å². The maximum atomic E-state index is 4.99. The van der Waals surface area contributed by atoms with Gasteiger partial charge in [0.25, 0.3) is 0 Å². The van der Waals surface area contributed by atoms with E-state index in [9.17, 15) is 0 Å². The molecule has 0 saturated carbocycles. The maximum Gasteiger partial charge on any atom is 0.191 e. The van der Waals surface area contributed by atoms with E-state index in [-0.39, 0.29) is 0 Å². The number of rotatable bonds is 9. The van der Waals surface area contributed by atoms with E-state index in [0.29, 0.717) is 0 Å². The summed E-state index contributed by atoms with van der Waals surface area (Å²) in [5.41, 5.74) is 0. The van der Waals surface area contributed by atoms with Crippen LogP contribution in [-0.4, -0.2) is 64.9 Å². The van der Waals surface area contributed by atoms with Crippen molar-refractivity contribution < 1.29 is 4.74 Å². The van der Waals surface area contributed by atoms with Gasteiger partial charge < -0.3 is 20.3 Å². The van der Waals surface area contributed by atoms with Gasteiger partial charge in [-0.25, -0.2) is 0 Å². The van der Waals surface area contributed by atoms with E-state index in [4.69, 9.17) is 4.74 Å². The topological polar surface area (TPSA) is 48.9 Å². The fourth-order valence-corrected chi connectivity index (χ4v) is 1.34. The molecule has 5 heteroatoms. The molecule has 0 saturated heterocycles. The highest BCUT2D eigenvalue weighted by Crippen LogP contribution is 1.84. The first kappa shape index (κ1) is 16.2. The van der Waals surface area contributed by atoms with E-state index in [2.05, 4.69) is 41.5 Å². The second kappa shape index (κ2) is 11.7. The lowest BCUT2D eigenvalue weighted by Gasteiger charge is -2.13. The number of guanidine groups is 1. The zero-order chi connectivity index (χ0) is 12.9. The minimum absolute atomic E-state index is 0.767. The summed E-state index contributed by atoms with van der Waals surface area (Å²) in [5, 5.41) is 6.56. The number of nitrogens with one attached hydrogen (secondary N) is 2. The lowest BCUT2D eigenvalue weighted by Crippen LogP contribution is -2.38. The number of nitrogens with zero attached hydrogens (tertiary/aromatic N) is 2. The Balaban J connectivity index is 3.72. The second-order valence-corrected chi connectivity index (χ2v) is 4.19. The van der Waals surface area contributed by atoms with Crippen molar-refractivity contribution >= 4 is 5.96 Å². The van der Waals surface area contributed by atoms with Crippen molar-refractivity contribution in [3.8, 4) is 0 Å². The van der Waals surface area contributed by atoms with Gasteiger partial charge in [-0.3, -0.25) is 4.99 Å². The Morgan fingerprint density at radius 2 is 2.00 bits per heavy atom. The van der Waals surface area contributed by atoms with Gasteiger partial charge in [0, 0.05) is 33.4 Å². The molecule has 0 aromatic carbocycles. The summed E-state index contributed by atoms with van der Waals surface area (Å²) in [6.07, 6.45) is 2.08. The van der Waals surface area contributed by atoms with Gasteiger partial charge in [-0.1, -0.05) is 0 Å². The molecule has 0 heterocycles. The van der Waals surface area contributed by atoms with Crippen molar-refractivity contribution in [1.29, 1.82) is 0 Å². The molecule has 0 aliphatic rings. The zero-order valence-electron chi connectivity index (χ0n) is 11.8. The third-order valence-corrected chi connectivity index (χ3v) is 2.20. The second-order valence-electron chi connectivity index (χ2n) is 4.19. The van der Waals surface area contributed by atoms with Crippen LogP contribution in [0.5, 0.6) is 0 Å². The summed E-state index contributed by atoms with van der Waals surface area (Å²) in [5.74, 6) is 0.905. The standard InChI is InChI=1S/C12H28N4O/c1-5-13-12(15-9-7-11-17-4)14-8-6-10-16(2)3/h5-11H2,1-4H3,(H2,13,14,15). The molecule has 0 bridgehead atoms. The number of methoxy groups -OCH3 is 1. The molecule has 5 nitrogen and oxygen atoms in total. The van der Waals surface area contributed by atoms with Crippen LogP contribution in [0.1, 0.15) is 19.8 Å². The molecule has 17 heavy (non-hydrogen) atoms. The first-order valence-electron chi connectivity index (χ1n) is 6.36. The molecule has 0 amide bonds. The Labute approximate surface area is 106 Å². The Morgan fingerprint density at radius 3 is 2.59 bits per heavy atom. The molecule has 2 N–H and O–H groups in total. The lowest BCUT2D eigenvalue weighted by molar-refractivity contribution is 0.197. The predicted molar refractivity (Wildman–Crippen MR) is 73.6 cm³/mol. The molecule has 102 valence electrons. The summed E-state index contributed by atoms with van der Waals surface area (Å²) in [4.78, 5) is 6.65. The summed E-state index contributed by atoms with van der Waals surface area (Å²) >= 11 is 0. The normalized spacial score (nSPS) is 11.9. The summed E-state index contributed by atoms with van der Waals surface area (Å²) in [7, 11) is 5.89. The number of ether oxygens (including phenoxy) is 1. The Bertz CT molecular complexity index is 195. The average molecular weight is 244 g/mol. The van der Waals surface area contributed by atoms with E-state index in [1.807, 2.05) is 0 Å². The van der Waals surface area contributed by atoms with E-state index < -0.39 is 0 Å². The molecular formula is C12H28N4O. The fourth-order valence-electron chi connectivity index (χ4n) is 1.34. The van der Waals surface area contributed by atoms with Crippen LogP contribution in [0.15, 0.2) is 4.99 Å². The summed E-state index contributed by atoms with van der Waals surface area (Å²) in [6.45, 7) is 6.58. The van der Waals surface area contributed by atoms with Crippen molar-refractivity contribution in [2.45, 2.75) is 19.8 Å². The first-order valence-corrected chi connectivity index (χ1v) is 6.36. The number of aliphatic imine (C=N–C) groups is 1. The highest BCUT2D eigenvalue weighted by molar-refractivity contribution is 5.79. The van der Waals surface area contributed by atoms with Gasteiger partial charge in [0.15, 0.2) is 5.96 Å². The van der Waals surface area contributed by atoms with Crippen LogP contribution >= 0.6 is 0 Å². The van der Waals surface area contributed by atoms with Crippen LogP contribution in [0, 0.1) is 0 Å². The molecule has 0 rings (SSSR count). The molecule has 0 aromatic heterocycles. The van der Waals surface area contributed by atoms with Crippen molar-refractivity contribution in [3.05, 3.63) is 0 Å². The fraction of sp³-hybridized carbons (Fsp3) is 0.917. The zero-order valence-corrected chi connectivity index (χ0v) is 11.8. The van der Waals surface area contributed by atoms with Gasteiger partial charge in [-0.15, -0.1) is 0 Å². The van der Waals surface area contributed by atoms with Crippen molar-refractivity contribution in [3.63, 3.8) is 0 Å². The van der Waals surface area contributed by atoms with Crippen LogP contribution in [0.2, 0.25) is 0 Å². The van der Waals surface area contributed by atoms with Crippen molar-refractivity contribution in [2.24, 2.45) is 4.99 Å². The SMILES string of the molecule is CCNC(=NCCCOC)NCCCN(C)C. The molecular weight excluding hydrogens is 216 g/mol. The Morgan fingerprint density at radius 1 is 1.24 bits per heavy atom. The molecule has 0 atom stereocenters. The molecule has 0 aromatic rings. The van der Waals surface area contributed by atoms with Gasteiger partial charge in [0.05, 0.1) is 0 Å². The first-order chi connectivity index (χ1) is 8.20. The van der Waals surface area contributed by atoms with E-state index in [1.165, 1.54) is 0 Å². The monoisotopic (exact) mass is 244 g/mol. The molecule has 0 aliphatic carbocycles. The molecule has 0 unspecified atom stereocenters. The number of hydrogen-bond acceptors (Lipinski definition) is 3. The largest absolute Gasteiger partial charge is 0.385 e. The molecule has 0 fully saturated rings. The van der Waals surface area contributed by atoms with Crippen LogP contribution < -0.4 is 10.6 Å². The maximum absolute atomic E-state index is 4.99. The highest BCUT2D eigenvalue weighted by Gasteiger charge is 1.96. The Hall–Kier alpha value is -0.810. The van der Waals surface area contributed by atoms with Crippen molar-refractivity contribution in [2.75, 3.05) is 54.0 Å². The summed E-state index contributed by atoms with van der Waals surface area (Å²) < 4.78 is 4.99. The Kier molecular flexibility index (Phi) is 11.1. The van der Waals surface area contributed by atoms with Crippen LogP contribution in [0.3, 0.4) is 0 Å². The van der Waals surface area contributed by atoms with Gasteiger partial charge >= 0.3 is 0 Å². The van der Waals surface area contributed by atoms with Crippen molar-refractivity contribution in [1.82, 2.24) is 15.5 Å². The van der Waals surface area contributed by atoms with E-state index >= 15 is 0 Å².